The van der Waals surface area contributed by atoms with Gasteiger partial charge in [0, 0.05) is 16.1 Å². The van der Waals surface area contributed by atoms with E-state index in [0.717, 1.165) is 16.1 Å². The molecular weight excluding hydrogens is 452 g/mol. The van der Waals surface area contributed by atoms with Gasteiger partial charge in [0.15, 0.2) is 17.3 Å². The minimum Gasteiger partial charge on any atom is -0.463 e. The van der Waals surface area contributed by atoms with E-state index < -0.39 is 0 Å². The van der Waals surface area contributed by atoms with E-state index in [2.05, 4.69) is 15.4 Å². The number of thioether (sulfide) groups is 1. The van der Waals surface area contributed by atoms with Crippen LogP contribution in [0.2, 0.25) is 0 Å². The summed E-state index contributed by atoms with van der Waals surface area (Å²) in [7, 11) is 0. The van der Waals surface area contributed by atoms with Crippen LogP contribution in [0.1, 0.15) is 6.92 Å². The molecule has 0 spiro atoms. The number of nitrogens with zero attached hydrogens (tertiary/aromatic N) is 3. The highest BCUT2D eigenvalue weighted by molar-refractivity contribution is 8.00. The Kier molecular flexibility index (Phi) is 6.35. The molecule has 1 amide bonds. The summed E-state index contributed by atoms with van der Waals surface area (Å²) in [5.74, 6) is 2.24. The third-order valence-corrected chi connectivity index (χ3v) is 6.01. The summed E-state index contributed by atoms with van der Waals surface area (Å²) in [6.07, 6.45) is 0. The molecule has 34 heavy (non-hydrogen) atoms. The van der Waals surface area contributed by atoms with Gasteiger partial charge in [-0.15, -0.1) is 16.9 Å². The van der Waals surface area contributed by atoms with Crippen molar-refractivity contribution in [2.75, 3.05) is 24.5 Å². The third kappa shape index (κ3) is 4.84. The maximum absolute atomic E-state index is 12.3. The molecule has 172 valence electrons. The van der Waals surface area contributed by atoms with Crippen molar-refractivity contribution in [3.8, 4) is 34.6 Å². The highest BCUT2D eigenvalue weighted by Crippen LogP contribution is 2.36. The van der Waals surface area contributed by atoms with Gasteiger partial charge in [-0.25, -0.2) is 4.68 Å². The number of rotatable bonds is 8. The average molecular weight is 475 g/mol. The lowest BCUT2D eigenvalue weighted by atomic mass is 10.2. The molecule has 0 radical (unpaired) electrons. The zero-order chi connectivity index (χ0) is 23.3. The molecule has 4 aromatic rings. The quantitative estimate of drug-likeness (QED) is 0.367. The summed E-state index contributed by atoms with van der Waals surface area (Å²) in [6.45, 7) is 2.54. The fourth-order valence-corrected chi connectivity index (χ4v) is 4.15. The number of benzene rings is 3. The van der Waals surface area contributed by atoms with E-state index in [1.807, 2.05) is 79.7 Å². The first kappa shape index (κ1) is 21.8. The Labute approximate surface area is 200 Å². The lowest BCUT2D eigenvalue weighted by Gasteiger charge is -2.09. The van der Waals surface area contributed by atoms with Gasteiger partial charge in [-0.05, 0) is 61.5 Å². The fraction of sp³-hybridized carbons (Fsp3) is 0.160. The third-order valence-electron chi connectivity index (χ3n) is 5.00. The van der Waals surface area contributed by atoms with E-state index in [1.165, 1.54) is 11.8 Å². The van der Waals surface area contributed by atoms with Gasteiger partial charge in [0.1, 0.15) is 0 Å². The number of hydrogen-bond donors (Lipinski definition) is 1. The van der Waals surface area contributed by atoms with Crippen LogP contribution in [-0.4, -0.2) is 39.8 Å². The van der Waals surface area contributed by atoms with Crippen molar-refractivity contribution in [2.45, 2.75) is 11.8 Å². The van der Waals surface area contributed by atoms with Gasteiger partial charge in [-0.3, -0.25) is 4.79 Å². The molecule has 0 bridgehead atoms. The Bertz CT molecular complexity index is 1290. The molecule has 0 fully saturated rings. The number of anilines is 1. The highest BCUT2D eigenvalue weighted by Gasteiger charge is 2.19. The van der Waals surface area contributed by atoms with Gasteiger partial charge in [-0.2, -0.15) is 4.98 Å². The largest absolute Gasteiger partial charge is 0.463 e. The van der Waals surface area contributed by atoms with Crippen LogP contribution in [0.3, 0.4) is 0 Å². The van der Waals surface area contributed by atoms with Crippen molar-refractivity contribution in [3.63, 3.8) is 0 Å². The number of amides is 1. The second kappa shape index (κ2) is 9.88. The Balaban J connectivity index is 1.34. The standard InChI is InChI=1S/C25H22N4O4S/c1-2-31-25-27-24(17-8-13-21-22(14-17)33-16-32-21)29(28-25)19-11-9-18(10-12-19)26-23(30)15-34-20-6-4-3-5-7-20/h3-14H,2,15-16H2,1H3,(H,26,30). The van der Waals surface area contributed by atoms with E-state index in [0.29, 0.717) is 35.4 Å². The summed E-state index contributed by atoms with van der Waals surface area (Å²) in [6, 6.07) is 23.2. The Morgan fingerprint density at radius 2 is 1.85 bits per heavy atom. The SMILES string of the molecule is CCOc1nc(-c2ccc3c(c2)OCO3)n(-c2ccc(NC(=O)CSc3ccccc3)cc2)n1. The van der Waals surface area contributed by atoms with Crippen LogP contribution >= 0.6 is 11.8 Å². The average Bonchev–Trinajstić information content (AvgIpc) is 3.51. The molecule has 0 aliphatic carbocycles. The second-order valence-electron chi connectivity index (χ2n) is 7.33. The smallest absolute Gasteiger partial charge is 0.336 e. The van der Waals surface area contributed by atoms with E-state index >= 15 is 0 Å². The molecule has 0 atom stereocenters. The molecule has 3 aromatic carbocycles. The molecule has 0 saturated carbocycles. The van der Waals surface area contributed by atoms with Crippen molar-refractivity contribution >= 4 is 23.4 Å². The summed E-state index contributed by atoms with van der Waals surface area (Å²) < 4.78 is 18.2. The van der Waals surface area contributed by atoms with Crippen LogP contribution in [0.4, 0.5) is 5.69 Å². The lowest BCUT2D eigenvalue weighted by molar-refractivity contribution is -0.113. The molecule has 0 unspecified atom stereocenters. The fourth-order valence-electron chi connectivity index (χ4n) is 3.43. The number of nitrogens with one attached hydrogen (secondary N) is 1. The highest BCUT2D eigenvalue weighted by atomic mass is 32.2. The van der Waals surface area contributed by atoms with Gasteiger partial charge in [0.25, 0.3) is 0 Å². The summed E-state index contributed by atoms with van der Waals surface area (Å²) >= 11 is 1.50. The van der Waals surface area contributed by atoms with Gasteiger partial charge < -0.3 is 19.5 Å². The molecule has 1 aliphatic rings. The maximum Gasteiger partial charge on any atom is 0.336 e. The molecule has 2 heterocycles. The molecule has 1 N–H and O–H groups in total. The molecule has 5 rings (SSSR count). The van der Waals surface area contributed by atoms with Crippen molar-refractivity contribution in [3.05, 3.63) is 72.8 Å². The maximum atomic E-state index is 12.3. The molecule has 1 aliphatic heterocycles. The monoisotopic (exact) mass is 474 g/mol. The molecule has 8 nitrogen and oxygen atoms in total. The molecule has 9 heteroatoms. The van der Waals surface area contributed by atoms with Crippen LogP contribution in [0.25, 0.3) is 17.1 Å². The molecule has 0 saturated heterocycles. The summed E-state index contributed by atoms with van der Waals surface area (Å²) in [5.41, 5.74) is 2.30. The normalized spacial score (nSPS) is 11.9. The lowest BCUT2D eigenvalue weighted by Crippen LogP contribution is -2.14. The minimum atomic E-state index is -0.0676. The number of ether oxygens (including phenoxy) is 3. The van der Waals surface area contributed by atoms with Gasteiger partial charge in [-0.1, -0.05) is 18.2 Å². The zero-order valence-electron chi connectivity index (χ0n) is 18.4. The van der Waals surface area contributed by atoms with Gasteiger partial charge in [0.05, 0.1) is 18.0 Å². The number of fused-ring (bicyclic) bond motifs is 1. The van der Waals surface area contributed by atoms with E-state index in [-0.39, 0.29) is 18.7 Å². The van der Waals surface area contributed by atoms with Crippen LogP contribution in [-0.2, 0) is 4.79 Å². The Morgan fingerprint density at radius 3 is 2.65 bits per heavy atom. The van der Waals surface area contributed by atoms with Crippen molar-refractivity contribution in [1.82, 2.24) is 14.8 Å². The first-order valence-electron chi connectivity index (χ1n) is 10.8. The van der Waals surface area contributed by atoms with Crippen LogP contribution in [0, 0.1) is 0 Å². The predicted octanol–water partition coefficient (Wildman–Crippen LogP) is 4.79. The zero-order valence-corrected chi connectivity index (χ0v) is 19.2. The molecule has 1 aromatic heterocycles. The number of aromatic nitrogens is 3. The van der Waals surface area contributed by atoms with Gasteiger partial charge >= 0.3 is 6.01 Å². The second-order valence-corrected chi connectivity index (χ2v) is 8.38. The molecular formula is C25H22N4O4S. The van der Waals surface area contributed by atoms with Gasteiger partial charge in [0.2, 0.25) is 12.7 Å². The first-order valence-corrected chi connectivity index (χ1v) is 11.8. The van der Waals surface area contributed by atoms with E-state index in [1.54, 1.807) is 4.68 Å². The number of carbonyl (C=O) groups is 1. The van der Waals surface area contributed by atoms with E-state index in [4.69, 9.17) is 14.2 Å². The summed E-state index contributed by atoms with van der Waals surface area (Å²) in [4.78, 5) is 18.0. The van der Waals surface area contributed by atoms with Crippen LogP contribution in [0.5, 0.6) is 17.5 Å². The predicted molar refractivity (Wildman–Crippen MR) is 130 cm³/mol. The number of hydrogen-bond acceptors (Lipinski definition) is 7. The van der Waals surface area contributed by atoms with E-state index in [9.17, 15) is 4.79 Å². The Hall–Kier alpha value is -3.98. The summed E-state index contributed by atoms with van der Waals surface area (Å²) in [5, 5.41) is 7.45. The number of carbonyl (C=O) groups excluding carboxylic acids is 1. The van der Waals surface area contributed by atoms with Crippen molar-refractivity contribution in [1.29, 1.82) is 0 Å². The van der Waals surface area contributed by atoms with Crippen LogP contribution in [0.15, 0.2) is 77.7 Å². The topological polar surface area (TPSA) is 87.5 Å². The van der Waals surface area contributed by atoms with Crippen molar-refractivity contribution in [2.24, 2.45) is 0 Å². The van der Waals surface area contributed by atoms with Crippen molar-refractivity contribution < 1.29 is 19.0 Å². The minimum absolute atomic E-state index is 0.0676. The van der Waals surface area contributed by atoms with Crippen LogP contribution < -0.4 is 19.5 Å². The first-order chi connectivity index (χ1) is 16.7. The Morgan fingerprint density at radius 1 is 1.06 bits per heavy atom.